The Balaban J connectivity index is 1.57. The molecule has 0 aliphatic carbocycles. The predicted octanol–water partition coefficient (Wildman–Crippen LogP) is 3.09. The average molecular weight is 355 g/mol. The molecule has 0 unspecified atom stereocenters. The molecule has 5 nitrogen and oxygen atoms in total. The van der Waals surface area contributed by atoms with E-state index >= 15 is 0 Å². The van der Waals surface area contributed by atoms with Gasteiger partial charge in [0.25, 0.3) is 0 Å². The van der Waals surface area contributed by atoms with E-state index in [1.54, 1.807) is 0 Å². The summed E-state index contributed by atoms with van der Waals surface area (Å²) in [6, 6.07) is 15.3. The Hall–Kier alpha value is -2.92. The highest BCUT2D eigenvalue weighted by atomic mass is 15.3. The maximum Gasteiger partial charge on any atom is 0.157 e. The molecule has 0 amide bonds. The van der Waals surface area contributed by atoms with Gasteiger partial charge in [0.2, 0.25) is 0 Å². The van der Waals surface area contributed by atoms with Gasteiger partial charge in [-0.05, 0) is 34.9 Å². The fraction of sp³-hybridized carbons (Fsp3) is 0.273. The van der Waals surface area contributed by atoms with E-state index in [-0.39, 0.29) is 0 Å². The monoisotopic (exact) mass is 355 g/mol. The van der Waals surface area contributed by atoms with Crippen LogP contribution in [0.5, 0.6) is 0 Å². The van der Waals surface area contributed by atoms with E-state index in [0.717, 1.165) is 44.7 Å². The van der Waals surface area contributed by atoms with Gasteiger partial charge in [0.1, 0.15) is 5.82 Å². The van der Waals surface area contributed by atoms with Crippen molar-refractivity contribution in [2.75, 3.05) is 18.0 Å². The summed E-state index contributed by atoms with van der Waals surface area (Å²) >= 11 is 0. The van der Waals surface area contributed by atoms with Crippen LogP contribution in [0.1, 0.15) is 22.4 Å². The van der Waals surface area contributed by atoms with Gasteiger partial charge in [-0.25, -0.2) is 4.98 Å². The summed E-state index contributed by atoms with van der Waals surface area (Å²) in [7, 11) is 0. The van der Waals surface area contributed by atoms with Crippen molar-refractivity contribution in [2.45, 2.75) is 25.9 Å². The van der Waals surface area contributed by atoms with Crippen LogP contribution >= 0.6 is 0 Å². The minimum Gasteiger partial charge on any atom is -0.348 e. The van der Waals surface area contributed by atoms with Crippen LogP contribution in [0.15, 0.2) is 48.7 Å². The third-order valence-electron chi connectivity index (χ3n) is 5.88. The second kappa shape index (κ2) is 5.79. The van der Waals surface area contributed by atoms with Crippen molar-refractivity contribution in [3.8, 4) is 0 Å². The van der Waals surface area contributed by atoms with Crippen LogP contribution in [-0.2, 0) is 25.9 Å². The van der Waals surface area contributed by atoms with Crippen molar-refractivity contribution in [1.82, 2.24) is 19.9 Å². The number of nitrogens with one attached hydrogen (secondary N) is 1. The molecular formula is C22H21N5. The Morgan fingerprint density at radius 2 is 1.67 bits per heavy atom. The van der Waals surface area contributed by atoms with Crippen LogP contribution in [0.2, 0.25) is 0 Å². The van der Waals surface area contributed by atoms with E-state index in [2.05, 4.69) is 51.7 Å². The molecule has 0 saturated carbocycles. The third kappa shape index (κ3) is 2.28. The average Bonchev–Trinajstić information content (AvgIpc) is 3.03. The zero-order chi connectivity index (χ0) is 17.8. The van der Waals surface area contributed by atoms with Gasteiger partial charge >= 0.3 is 0 Å². The fourth-order valence-electron chi connectivity index (χ4n) is 4.72. The van der Waals surface area contributed by atoms with Gasteiger partial charge in [0.15, 0.2) is 5.65 Å². The van der Waals surface area contributed by atoms with Gasteiger partial charge in [-0.2, -0.15) is 9.61 Å². The molecule has 0 fully saturated rings. The number of fused-ring (bicyclic) bond motifs is 2. The highest BCUT2D eigenvalue weighted by Crippen LogP contribution is 2.35. The Labute approximate surface area is 157 Å². The molecule has 0 spiro atoms. The quantitative estimate of drug-likeness (QED) is 0.570. The van der Waals surface area contributed by atoms with E-state index in [0.29, 0.717) is 0 Å². The van der Waals surface area contributed by atoms with E-state index in [9.17, 15) is 0 Å². The van der Waals surface area contributed by atoms with E-state index in [1.165, 1.54) is 39.0 Å². The van der Waals surface area contributed by atoms with Crippen molar-refractivity contribution in [3.63, 3.8) is 0 Å². The number of hydrogen-bond donors (Lipinski definition) is 1. The van der Waals surface area contributed by atoms with Gasteiger partial charge in [-0.1, -0.05) is 36.4 Å². The lowest BCUT2D eigenvalue weighted by Gasteiger charge is -2.33. The van der Waals surface area contributed by atoms with Crippen LogP contribution in [0.4, 0.5) is 5.82 Å². The van der Waals surface area contributed by atoms with Crippen molar-refractivity contribution in [3.05, 3.63) is 71.0 Å². The molecule has 2 aromatic heterocycles. The molecule has 134 valence electrons. The van der Waals surface area contributed by atoms with E-state index in [4.69, 9.17) is 4.98 Å². The summed E-state index contributed by atoms with van der Waals surface area (Å²) < 4.78 is 2.04. The lowest BCUT2D eigenvalue weighted by atomic mass is 9.95. The maximum absolute atomic E-state index is 4.91. The predicted molar refractivity (Wildman–Crippen MR) is 107 cm³/mol. The van der Waals surface area contributed by atoms with Gasteiger partial charge in [-0.15, -0.1) is 0 Å². The molecule has 2 aliphatic heterocycles. The second-order valence-corrected chi connectivity index (χ2v) is 7.50. The van der Waals surface area contributed by atoms with Crippen LogP contribution < -0.4 is 10.2 Å². The third-order valence-corrected chi connectivity index (χ3v) is 5.88. The minimum absolute atomic E-state index is 0.910. The SMILES string of the molecule is c1cc2c3c(cccc3c1)CN(c1c3c(nc4ccnn14)CCNCC3)C2. The van der Waals surface area contributed by atoms with Crippen LogP contribution in [0.25, 0.3) is 16.4 Å². The first-order valence-electron chi connectivity index (χ1n) is 9.69. The largest absolute Gasteiger partial charge is 0.348 e. The summed E-state index contributed by atoms with van der Waals surface area (Å²) in [5.74, 6) is 1.22. The summed E-state index contributed by atoms with van der Waals surface area (Å²) in [6.07, 6.45) is 3.84. The molecule has 2 aliphatic rings. The maximum atomic E-state index is 4.91. The molecule has 1 N–H and O–H groups in total. The zero-order valence-corrected chi connectivity index (χ0v) is 15.2. The molecule has 27 heavy (non-hydrogen) atoms. The van der Waals surface area contributed by atoms with Gasteiger partial charge in [-0.3, -0.25) is 0 Å². The highest BCUT2D eigenvalue weighted by molar-refractivity contribution is 5.90. The lowest BCUT2D eigenvalue weighted by molar-refractivity contribution is 0.704. The molecule has 6 rings (SSSR count). The van der Waals surface area contributed by atoms with Crippen LogP contribution in [0.3, 0.4) is 0 Å². The molecule has 5 heteroatoms. The first-order valence-corrected chi connectivity index (χ1v) is 9.69. The summed E-state index contributed by atoms with van der Waals surface area (Å²) in [5.41, 5.74) is 6.31. The number of hydrogen-bond acceptors (Lipinski definition) is 4. The molecular weight excluding hydrogens is 334 g/mol. The van der Waals surface area contributed by atoms with Gasteiger partial charge < -0.3 is 10.2 Å². The molecule has 4 aromatic rings. The fourth-order valence-corrected chi connectivity index (χ4v) is 4.72. The normalized spacial score (nSPS) is 16.5. The van der Waals surface area contributed by atoms with Crippen LogP contribution in [0, 0.1) is 0 Å². The second-order valence-electron chi connectivity index (χ2n) is 7.50. The smallest absolute Gasteiger partial charge is 0.157 e. The molecule has 0 saturated heterocycles. The molecule has 0 radical (unpaired) electrons. The van der Waals surface area contributed by atoms with Crippen molar-refractivity contribution < 1.29 is 0 Å². The van der Waals surface area contributed by atoms with Gasteiger partial charge in [0.05, 0.1) is 11.9 Å². The summed E-state index contributed by atoms with van der Waals surface area (Å²) in [4.78, 5) is 7.40. The van der Waals surface area contributed by atoms with Crippen molar-refractivity contribution in [2.24, 2.45) is 0 Å². The number of anilines is 1. The highest BCUT2D eigenvalue weighted by Gasteiger charge is 2.26. The number of benzene rings is 2. The molecule has 0 atom stereocenters. The number of rotatable bonds is 1. The molecule has 2 aromatic carbocycles. The standard InChI is InChI=1S/C22H21N5/c1-3-15-4-2-6-17-14-26(13-16(5-1)21(15)17)22-18-7-10-23-11-8-19(18)25-20-9-12-24-27(20)22/h1-6,9,12,23H,7-8,10-11,13-14H2. The van der Waals surface area contributed by atoms with Crippen molar-refractivity contribution in [1.29, 1.82) is 0 Å². The number of aromatic nitrogens is 3. The first-order chi connectivity index (χ1) is 13.4. The Bertz CT molecular complexity index is 1140. The first kappa shape index (κ1) is 15.2. The van der Waals surface area contributed by atoms with Crippen LogP contribution in [-0.4, -0.2) is 27.7 Å². The summed E-state index contributed by atoms with van der Waals surface area (Å²) in [6.45, 7) is 3.81. The molecule has 4 heterocycles. The van der Waals surface area contributed by atoms with Crippen molar-refractivity contribution >= 4 is 22.2 Å². The Morgan fingerprint density at radius 3 is 2.48 bits per heavy atom. The van der Waals surface area contributed by atoms with E-state index in [1.807, 2.05) is 16.8 Å². The summed E-state index contributed by atoms with van der Waals surface area (Å²) in [5, 5.41) is 10.9. The minimum atomic E-state index is 0.910. The Kier molecular flexibility index (Phi) is 3.25. The van der Waals surface area contributed by atoms with Gasteiger partial charge in [0, 0.05) is 37.7 Å². The van der Waals surface area contributed by atoms with E-state index < -0.39 is 0 Å². The zero-order valence-electron chi connectivity index (χ0n) is 15.2. The lowest BCUT2D eigenvalue weighted by Crippen LogP contribution is -2.30. The Morgan fingerprint density at radius 1 is 0.889 bits per heavy atom. The topological polar surface area (TPSA) is 45.5 Å². The molecule has 0 bridgehead atoms. The number of nitrogens with zero attached hydrogens (tertiary/aromatic N) is 4.